The van der Waals surface area contributed by atoms with Crippen LogP contribution in [0.5, 0.6) is 0 Å². The lowest BCUT2D eigenvalue weighted by molar-refractivity contribution is 0.00578. The molecule has 1 atom stereocenters. The van der Waals surface area contributed by atoms with Gasteiger partial charge in [-0.25, -0.2) is 0 Å². The Morgan fingerprint density at radius 3 is 2.03 bits per heavy atom. The predicted molar refractivity (Wildman–Crippen MR) is 155 cm³/mol. The molecule has 2 aliphatic rings. The molecule has 0 spiro atoms. The van der Waals surface area contributed by atoms with Gasteiger partial charge in [0.1, 0.15) is 0 Å². The molecule has 1 saturated heterocycles. The highest BCUT2D eigenvalue weighted by Crippen LogP contribution is 2.55. The minimum atomic E-state index is -0.573. The van der Waals surface area contributed by atoms with Gasteiger partial charge >= 0.3 is 7.12 Å². The molecule has 0 saturated carbocycles. The van der Waals surface area contributed by atoms with E-state index in [1.54, 1.807) is 0 Å². The Morgan fingerprint density at radius 1 is 0.632 bits per heavy atom. The highest BCUT2D eigenvalue weighted by atomic mass is 16.7. The standard InChI is InChI=1S/C34H30BNO2/c1-32(2)33(3,4)38-35(37-32)29-20-12-19-28-31(29)26-17-10-11-18-27(26)34(28,25-15-6-5-7-16-25)30-21-23-13-8-9-14-24(23)22-36-30/h5-22H,1-4H3. The lowest BCUT2D eigenvalue weighted by atomic mass is 9.68. The van der Waals surface area contributed by atoms with Crippen LogP contribution in [0.25, 0.3) is 21.9 Å². The van der Waals surface area contributed by atoms with E-state index in [-0.39, 0.29) is 0 Å². The SMILES string of the molecule is CC1(C)OB(c2cccc3c2-c2ccccc2C3(c2ccccc2)c2cc3ccccc3cn2)OC1(C)C. The van der Waals surface area contributed by atoms with E-state index >= 15 is 0 Å². The van der Waals surface area contributed by atoms with Crippen molar-refractivity contribution in [3.63, 3.8) is 0 Å². The molecule has 4 aromatic carbocycles. The van der Waals surface area contributed by atoms with Crippen molar-refractivity contribution < 1.29 is 9.31 Å². The van der Waals surface area contributed by atoms with E-state index in [4.69, 9.17) is 14.3 Å². The zero-order chi connectivity index (χ0) is 26.1. The lowest BCUT2D eigenvalue weighted by Crippen LogP contribution is -2.41. The van der Waals surface area contributed by atoms with Crippen molar-refractivity contribution >= 4 is 23.4 Å². The fraction of sp³-hybridized carbons (Fsp3) is 0.206. The number of nitrogens with zero attached hydrogens (tertiary/aromatic N) is 1. The van der Waals surface area contributed by atoms with Crippen molar-refractivity contribution in [2.75, 3.05) is 0 Å². The number of aromatic nitrogens is 1. The van der Waals surface area contributed by atoms with Crippen LogP contribution in [0.1, 0.15) is 50.1 Å². The molecule has 0 bridgehead atoms. The molecule has 4 heteroatoms. The topological polar surface area (TPSA) is 31.4 Å². The average Bonchev–Trinajstić information content (AvgIpc) is 3.36. The summed E-state index contributed by atoms with van der Waals surface area (Å²) in [6, 6.07) is 36.8. The first-order chi connectivity index (χ1) is 18.3. The molecular weight excluding hydrogens is 465 g/mol. The van der Waals surface area contributed by atoms with E-state index in [2.05, 4.69) is 131 Å². The van der Waals surface area contributed by atoms with Crippen LogP contribution in [0.2, 0.25) is 0 Å². The molecule has 7 rings (SSSR count). The van der Waals surface area contributed by atoms with Crippen molar-refractivity contribution in [2.24, 2.45) is 0 Å². The number of hydrogen-bond acceptors (Lipinski definition) is 3. The number of pyridine rings is 1. The Morgan fingerprint density at radius 2 is 1.26 bits per heavy atom. The van der Waals surface area contributed by atoms with Crippen LogP contribution in [-0.2, 0) is 14.7 Å². The van der Waals surface area contributed by atoms with E-state index in [9.17, 15) is 0 Å². The second-order valence-electron chi connectivity index (χ2n) is 11.4. The van der Waals surface area contributed by atoms with Crippen LogP contribution in [0.15, 0.2) is 109 Å². The normalized spacial score (nSPS) is 20.9. The highest BCUT2D eigenvalue weighted by molar-refractivity contribution is 6.64. The summed E-state index contributed by atoms with van der Waals surface area (Å²) in [5.41, 5.74) is 6.67. The molecule has 38 heavy (non-hydrogen) atoms. The van der Waals surface area contributed by atoms with Crippen LogP contribution >= 0.6 is 0 Å². The van der Waals surface area contributed by atoms with Crippen molar-refractivity contribution in [2.45, 2.75) is 44.3 Å². The number of benzene rings is 4. The Kier molecular flexibility index (Phi) is 5.01. The minimum absolute atomic E-state index is 0.422. The average molecular weight is 495 g/mol. The number of fused-ring (bicyclic) bond motifs is 4. The van der Waals surface area contributed by atoms with E-state index in [0.717, 1.165) is 16.5 Å². The van der Waals surface area contributed by atoms with Crippen molar-refractivity contribution in [3.05, 3.63) is 132 Å². The Labute approximate surface area is 224 Å². The molecular formula is C34H30BNO2. The molecule has 0 N–H and O–H groups in total. The molecule has 3 nitrogen and oxygen atoms in total. The smallest absolute Gasteiger partial charge is 0.399 e. The largest absolute Gasteiger partial charge is 0.495 e. The lowest BCUT2D eigenvalue weighted by Gasteiger charge is -2.33. The van der Waals surface area contributed by atoms with Crippen LogP contribution in [0.3, 0.4) is 0 Å². The Balaban J connectivity index is 1.56. The van der Waals surface area contributed by atoms with Gasteiger partial charge in [-0.15, -0.1) is 0 Å². The minimum Gasteiger partial charge on any atom is -0.399 e. The first-order valence-corrected chi connectivity index (χ1v) is 13.3. The summed E-state index contributed by atoms with van der Waals surface area (Å²) >= 11 is 0. The quantitative estimate of drug-likeness (QED) is 0.251. The number of rotatable bonds is 3. The molecule has 0 amide bonds. The maximum Gasteiger partial charge on any atom is 0.495 e. The molecule has 1 aliphatic heterocycles. The third kappa shape index (κ3) is 3.14. The van der Waals surface area contributed by atoms with Crippen LogP contribution < -0.4 is 5.46 Å². The molecule has 1 unspecified atom stereocenters. The summed E-state index contributed by atoms with van der Waals surface area (Å²) in [5, 5.41) is 2.32. The maximum absolute atomic E-state index is 6.59. The molecule has 186 valence electrons. The Bertz CT molecular complexity index is 1680. The highest BCUT2D eigenvalue weighted by Gasteiger charge is 2.54. The monoisotopic (exact) mass is 495 g/mol. The summed E-state index contributed by atoms with van der Waals surface area (Å²) in [5.74, 6) is 0. The van der Waals surface area contributed by atoms with Crippen LogP contribution in [0, 0.1) is 0 Å². The van der Waals surface area contributed by atoms with Gasteiger partial charge in [-0.3, -0.25) is 4.98 Å². The van der Waals surface area contributed by atoms with Gasteiger partial charge < -0.3 is 9.31 Å². The first-order valence-electron chi connectivity index (χ1n) is 13.3. The molecule has 0 radical (unpaired) electrons. The van der Waals surface area contributed by atoms with Gasteiger partial charge in [-0.2, -0.15) is 0 Å². The number of hydrogen-bond donors (Lipinski definition) is 0. The molecule has 1 aliphatic carbocycles. The van der Waals surface area contributed by atoms with Crippen molar-refractivity contribution in [3.8, 4) is 11.1 Å². The van der Waals surface area contributed by atoms with Crippen LogP contribution in [-0.4, -0.2) is 23.3 Å². The molecule has 5 aromatic rings. The van der Waals surface area contributed by atoms with E-state index < -0.39 is 23.7 Å². The van der Waals surface area contributed by atoms with Gasteiger partial charge in [0.05, 0.1) is 22.3 Å². The van der Waals surface area contributed by atoms with Crippen molar-refractivity contribution in [1.29, 1.82) is 0 Å². The van der Waals surface area contributed by atoms with Gasteiger partial charge in [-0.05, 0) is 72.4 Å². The molecule has 1 aromatic heterocycles. The van der Waals surface area contributed by atoms with Gasteiger partial charge in [0.25, 0.3) is 0 Å². The van der Waals surface area contributed by atoms with E-state index in [1.807, 2.05) is 6.20 Å². The summed E-state index contributed by atoms with van der Waals surface area (Å²) in [6.07, 6.45) is 2.01. The second kappa shape index (κ2) is 8.13. The van der Waals surface area contributed by atoms with Gasteiger partial charge in [0.2, 0.25) is 0 Å². The summed E-state index contributed by atoms with van der Waals surface area (Å²) < 4.78 is 13.2. The summed E-state index contributed by atoms with van der Waals surface area (Å²) in [7, 11) is -0.459. The fourth-order valence-corrected chi connectivity index (χ4v) is 6.23. The van der Waals surface area contributed by atoms with Gasteiger partial charge in [0, 0.05) is 11.6 Å². The zero-order valence-electron chi connectivity index (χ0n) is 22.2. The van der Waals surface area contributed by atoms with Crippen molar-refractivity contribution in [1.82, 2.24) is 4.98 Å². The third-order valence-corrected chi connectivity index (χ3v) is 8.83. The van der Waals surface area contributed by atoms with Gasteiger partial charge in [-0.1, -0.05) is 97.1 Å². The Hall–Kier alpha value is -3.73. The maximum atomic E-state index is 6.59. The van der Waals surface area contributed by atoms with Gasteiger partial charge in [0.15, 0.2) is 0 Å². The second-order valence-corrected chi connectivity index (χ2v) is 11.4. The third-order valence-electron chi connectivity index (χ3n) is 8.83. The zero-order valence-corrected chi connectivity index (χ0v) is 22.2. The molecule has 1 fully saturated rings. The van der Waals surface area contributed by atoms with E-state index in [0.29, 0.717) is 0 Å². The fourth-order valence-electron chi connectivity index (χ4n) is 6.23. The first kappa shape index (κ1) is 23.4. The van der Waals surface area contributed by atoms with Crippen LogP contribution in [0.4, 0.5) is 0 Å². The summed E-state index contributed by atoms with van der Waals surface area (Å²) in [6.45, 7) is 8.43. The molecule has 2 heterocycles. The van der Waals surface area contributed by atoms with E-state index in [1.165, 1.54) is 33.2 Å². The summed E-state index contributed by atoms with van der Waals surface area (Å²) in [4.78, 5) is 5.15. The predicted octanol–water partition coefficient (Wildman–Crippen LogP) is 6.90.